The highest BCUT2D eigenvalue weighted by Crippen LogP contribution is 2.61. The van der Waals surface area contributed by atoms with Crippen molar-refractivity contribution in [1.29, 1.82) is 0 Å². The van der Waals surface area contributed by atoms with Gasteiger partial charge in [-0.2, -0.15) is 13.2 Å². The summed E-state index contributed by atoms with van der Waals surface area (Å²) in [6.07, 6.45) is 2.82. The van der Waals surface area contributed by atoms with E-state index in [-0.39, 0.29) is 22.9 Å². The van der Waals surface area contributed by atoms with Crippen molar-refractivity contribution in [2.24, 2.45) is 17.8 Å². The summed E-state index contributed by atoms with van der Waals surface area (Å²) in [4.78, 5) is 22.2. The fraction of sp³-hybridized carbons (Fsp3) is 0.370. The summed E-state index contributed by atoms with van der Waals surface area (Å²) in [5.74, 6) is 2.43. The zero-order valence-electron chi connectivity index (χ0n) is 21.4. The number of amides is 1. The second-order valence-electron chi connectivity index (χ2n) is 10.6. The highest BCUT2D eigenvalue weighted by molar-refractivity contribution is 6.08. The summed E-state index contributed by atoms with van der Waals surface area (Å²) in [6.45, 7) is 2.96. The molecule has 0 spiro atoms. The van der Waals surface area contributed by atoms with Gasteiger partial charge in [0.1, 0.15) is 24.4 Å². The number of rotatable bonds is 7. The highest BCUT2D eigenvalue weighted by Gasteiger charge is 2.52. The van der Waals surface area contributed by atoms with Gasteiger partial charge in [0, 0.05) is 17.8 Å². The van der Waals surface area contributed by atoms with Crippen LogP contribution < -0.4 is 11.1 Å². The number of aryl methyl sites for hydroxylation is 1. The number of anilines is 2. The molecule has 1 amide bonds. The zero-order valence-corrected chi connectivity index (χ0v) is 21.4. The first-order valence-electron chi connectivity index (χ1n) is 12.7. The van der Waals surface area contributed by atoms with Crippen molar-refractivity contribution in [3.8, 4) is 17.2 Å². The Balaban J connectivity index is 1.22. The number of nitrogens with one attached hydrogen (secondary N) is 1. The van der Waals surface area contributed by atoms with E-state index in [1.807, 2.05) is 17.7 Å². The van der Waals surface area contributed by atoms with Crippen LogP contribution in [0.4, 0.5) is 24.7 Å². The number of nitrogens with zero attached hydrogens (tertiary/aromatic N) is 6. The smallest absolute Gasteiger partial charge is 0.398 e. The number of alkyl halides is 3. The van der Waals surface area contributed by atoms with Crippen LogP contribution in [0.25, 0.3) is 17.2 Å². The van der Waals surface area contributed by atoms with Crippen LogP contribution >= 0.6 is 0 Å². The van der Waals surface area contributed by atoms with Gasteiger partial charge in [0.2, 0.25) is 0 Å². The maximum atomic E-state index is 13.2. The maximum absolute atomic E-state index is 13.2. The van der Waals surface area contributed by atoms with Crippen molar-refractivity contribution >= 4 is 17.4 Å². The largest absolute Gasteiger partial charge is 0.406 e. The van der Waals surface area contributed by atoms with Crippen molar-refractivity contribution in [3.05, 3.63) is 66.0 Å². The summed E-state index contributed by atoms with van der Waals surface area (Å²) in [6, 6.07) is 8.04. The molecule has 2 saturated carbocycles. The predicted octanol–water partition coefficient (Wildman–Crippen LogP) is 4.99. The molecule has 4 aromatic rings. The van der Waals surface area contributed by atoms with Crippen LogP contribution in [0.5, 0.6) is 0 Å². The SMILES string of the molecule is Cc1cc(N)c(C(=O)Nc2cccc(-c3nncn3CC(F)(F)F)n2)cc1-n1cnc(C2CC2[C@H]2CC2C)c1. The van der Waals surface area contributed by atoms with Gasteiger partial charge >= 0.3 is 6.18 Å². The minimum Gasteiger partial charge on any atom is -0.398 e. The molecule has 0 bridgehead atoms. The molecule has 0 saturated heterocycles. The van der Waals surface area contributed by atoms with Crippen LogP contribution in [0.15, 0.2) is 49.2 Å². The number of hydrogen-bond donors (Lipinski definition) is 2. The molecule has 6 rings (SSSR count). The quantitative estimate of drug-likeness (QED) is 0.322. The minimum atomic E-state index is -4.45. The van der Waals surface area contributed by atoms with E-state index in [9.17, 15) is 18.0 Å². The summed E-state index contributed by atoms with van der Waals surface area (Å²) in [5, 5.41) is 10.0. The predicted molar refractivity (Wildman–Crippen MR) is 138 cm³/mol. The Labute approximate surface area is 222 Å². The van der Waals surface area contributed by atoms with Gasteiger partial charge in [0.15, 0.2) is 5.82 Å². The number of hydrogen-bond acceptors (Lipinski definition) is 6. The number of carbonyl (C=O) groups excluding carboxylic acids is 1. The molecule has 12 heteroatoms. The molecule has 4 atom stereocenters. The van der Waals surface area contributed by atoms with Crippen molar-refractivity contribution in [2.45, 2.75) is 45.3 Å². The molecule has 3 aromatic heterocycles. The average Bonchev–Trinajstić information content (AvgIpc) is 3.68. The minimum absolute atomic E-state index is 0.0643. The van der Waals surface area contributed by atoms with Crippen molar-refractivity contribution < 1.29 is 18.0 Å². The van der Waals surface area contributed by atoms with Gasteiger partial charge in [0.05, 0.1) is 23.3 Å². The third kappa shape index (κ3) is 5.10. The van der Waals surface area contributed by atoms with E-state index in [1.165, 1.54) is 25.0 Å². The number of carbonyl (C=O) groups is 1. The monoisotopic (exact) mass is 536 g/mol. The first-order valence-corrected chi connectivity index (χ1v) is 12.7. The molecule has 2 aliphatic carbocycles. The topological polar surface area (TPSA) is 117 Å². The lowest BCUT2D eigenvalue weighted by Crippen LogP contribution is -2.18. The number of benzene rings is 1. The van der Waals surface area contributed by atoms with Gasteiger partial charge in [-0.1, -0.05) is 13.0 Å². The van der Waals surface area contributed by atoms with E-state index >= 15 is 0 Å². The summed E-state index contributed by atoms with van der Waals surface area (Å²) in [5.41, 5.74) is 9.63. The zero-order chi connectivity index (χ0) is 27.5. The molecule has 3 N–H and O–H groups in total. The first kappa shape index (κ1) is 25.1. The number of imidazole rings is 1. The molecule has 2 aliphatic rings. The Morgan fingerprint density at radius 3 is 2.72 bits per heavy atom. The molecular formula is C27H27F3N8O. The third-order valence-corrected chi connectivity index (χ3v) is 7.62. The lowest BCUT2D eigenvalue weighted by molar-refractivity contribution is -0.140. The Morgan fingerprint density at radius 1 is 1.18 bits per heavy atom. The van der Waals surface area contributed by atoms with Gasteiger partial charge in [-0.15, -0.1) is 10.2 Å². The van der Waals surface area contributed by atoms with Crippen LogP contribution in [-0.4, -0.2) is 41.4 Å². The number of aromatic nitrogens is 6. The molecule has 9 nitrogen and oxygen atoms in total. The number of nitrogen functional groups attached to an aromatic ring is 1. The summed E-state index contributed by atoms with van der Waals surface area (Å²) < 4.78 is 41.5. The van der Waals surface area contributed by atoms with E-state index in [0.29, 0.717) is 11.6 Å². The van der Waals surface area contributed by atoms with Crippen molar-refractivity contribution in [1.82, 2.24) is 29.3 Å². The van der Waals surface area contributed by atoms with Gasteiger partial charge in [-0.3, -0.25) is 4.79 Å². The lowest BCUT2D eigenvalue weighted by Gasteiger charge is -2.13. The van der Waals surface area contributed by atoms with Crippen LogP contribution in [0.1, 0.15) is 47.3 Å². The second-order valence-corrected chi connectivity index (χ2v) is 10.6. The third-order valence-electron chi connectivity index (χ3n) is 7.62. The molecule has 202 valence electrons. The Kier molecular flexibility index (Phi) is 5.92. The molecule has 3 unspecified atom stereocenters. The van der Waals surface area contributed by atoms with Crippen LogP contribution in [0.3, 0.4) is 0 Å². The van der Waals surface area contributed by atoms with E-state index in [1.54, 1.807) is 24.5 Å². The van der Waals surface area contributed by atoms with Gasteiger partial charge < -0.3 is 20.2 Å². The molecular weight excluding hydrogens is 509 g/mol. The van der Waals surface area contributed by atoms with E-state index in [0.717, 1.165) is 45.6 Å². The summed E-state index contributed by atoms with van der Waals surface area (Å²) in [7, 11) is 0. The molecule has 0 radical (unpaired) electrons. The first-order chi connectivity index (χ1) is 18.6. The Bertz CT molecular complexity index is 1560. The van der Waals surface area contributed by atoms with E-state index < -0.39 is 18.6 Å². The molecule has 2 fully saturated rings. The van der Waals surface area contributed by atoms with Crippen LogP contribution in [0, 0.1) is 24.7 Å². The number of nitrogens with two attached hydrogens (primary N) is 1. The second kappa shape index (κ2) is 9.21. The fourth-order valence-corrected chi connectivity index (χ4v) is 5.41. The molecule has 3 heterocycles. The Morgan fingerprint density at radius 2 is 1.97 bits per heavy atom. The van der Waals surface area contributed by atoms with E-state index in [4.69, 9.17) is 5.73 Å². The van der Waals surface area contributed by atoms with Crippen molar-refractivity contribution in [2.75, 3.05) is 11.1 Å². The highest BCUT2D eigenvalue weighted by atomic mass is 19.4. The standard InChI is InChI=1S/C27H27F3N8O/c1-14-6-16(14)17-8-18(17)22-10-37(12-32-22)23-9-19(20(31)7-15(23)2)26(39)35-24-5-3-4-21(34-24)25-36-33-13-38(25)11-27(28,29)30/h3-5,7,9-10,12-14,16-18H,6,8,11,31H2,1-2H3,(H,34,35,39)/t14?,16-,17?,18?/m0/s1. The fourth-order valence-electron chi connectivity index (χ4n) is 5.41. The van der Waals surface area contributed by atoms with Gasteiger partial charge in [-0.25, -0.2) is 9.97 Å². The summed E-state index contributed by atoms with van der Waals surface area (Å²) >= 11 is 0. The molecule has 0 aliphatic heterocycles. The number of pyridine rings is 1. The average molecular weight is 537 g/mol. The van der Waals surface area contributed by atoms with Crippen LogP contribution in [-0.2, 0) is 6.54 Å². The number of halogens is 3. The van der Waals surface area contributed by atoms with E-state index in [2.05, 4.69) is 32.4 Å². The lowest BCUT2D eigenvalue weighted by atomic mass is 10.1. The Hall–Kier alpha value is -4.22. The molecule has 1 aromatic carbocycles. The van der Waals surface area contributed by atoms with Gasteiger partial charge in [-0.05, 0) is 67.3 Å². The van der Waals surface area contributed by atoms with Crippen molar-refractivity contribution in [3.63, 3.8) is 0 Å². The maximum Gasteiger partial charge on any atom is 0.406 e. The molecule has 39 heavy (non-hydrogen) atoms. The van der Waals surface area contributed by atoms with Gasteiger partial charge in [0.25, 0.3) is 5.91 Å². The van der Waals surface area contributed by atoms with Crippen LogP contribution in [0.2, 0.25) is 0 Å². The normalized spacial score (nSPS) is 22.1.